The van der Waals surface area contributed by atoms with Crippen molar-refractivity contribution in [1.82, 2.24) is 4.57 Å². The molecule has 1 N–H and O–H groups in total. The van der Waals surface area contributed by atoms with E-state index < -0.39 is 21.9 Å². The number of pyridine rings is 1. The molecule has 7 heteroatoms. The number of benzene rings is 2. The molecule has 6 nitrogen and oxygen atoms in total. The highest BCUT2D eigenvalue weighted by atomic mass is 35.5. The van der Waals surface area contributed by atoms with Crippen molar-refractivity contribution in [2.24, 2.45) is 0 Å². The first-order chi connectivity index (χ1) is 11.0. The molecular weight excluding hydrogens is 320 g/mol. The number of halogens is 1. The Balaban J connectivity index is 2.35. The Morgan fingerprint density at radius 1 is 1.17 bits per heavy atom. The fourth-order valence-electron chi connectivity index (χ4n) is 2.49. The van der Waals surface area contributed by atoms with E-state index in [2.05, 4.69) is 0 Å². The van der Waals surface area contributed by atoms with Crippen LogP contribution in [0.25, 0.3) is 10.9 Å². The highest BCUT2D eigenvalue weighted by molar-refractivity contribution is 6.31. The van der Waals surface area contributed by atoms with E-state index in [4.69, 9.17) is 11.6 Å². The number of hydrogen-bond donors (Lipinski definition) is 1. The van der Waals surface area contributed by atoms with Gasteiger partial charge < -0.3 is 5.11 Å². The Kier molecular flexibility index (Phi) is 3.75. The summed E-state index contributed by atoms with van der Waals surface area (Å²) in [5, 5.41) is 21.8. The third kappa shape index (κ3) is 2.64. The van der Waals surface area contributed by atoms with Gasteiger partial charge in [-0.1, -0.05) is 41.9 Å². The fourth-order valence-corrected chi connectivity index (χ4v) is 2.66. The van der Waals surface area contributed by atoms with Crippen LogP contribution in [-0.4, -0.2) is 14.6 Å². The van der Waals surface area contributed by atoms with Crippen LogP contribution in [0, 0.1) is 10.1 Å². The Morgan fingerprint density at radius 3 is 2.52 bits per heavy atom. The summed E-state index contributed by atoms with van der Waals surface area (Å²) >= 11 is 5.91. The zero-order valence-corrected chi connectivity index (χ0v) is 12.5. The second kappa shape index (κ2) is 5.73. The van der Waals surface area contributed by atoms with Crippen molar-refractivity contribution in [3.8, 4) is 5.75 Å². The molecule has 0 atom stereocenters. The maximum Gasteiger partial charge on any atom is 0.375 e. The van der Waals surface area contributed by atoms with Crippen LogP contribution in [0.4, 0.5) is 5.69 Å². The maximum absolute atomic E-state index is 12.5. The van der Waals surface area contributed by atoms with Gasteiger partial charge in [0, 0.05) is 10.4 Å². The molecule has 0 amide bonds. The van der Waals surface area contributed by atoms with E-state index >= 15 is 0 Å². The van der Waals surface area contributed by atoms with Crippen molar-refractivity contribution < 1.29 is 10.0 Å². The first-order valence-corrected chi connectivity index (χ1v) is 7.10. The number of aromatic nitrogens is 1. The van der Waals surface area contributed by atoms with Gasteiger partial charge in [-0.3, -0.25) is 19.5 Å². The van der Waals surface area contributed by atoms with Crippen LogP contribution in [0.15, 0.2) is 53.3 Å². The summed E-state index contributed by atoms with van der Waals surface area (Å²) in [6.07, 6.45) is 0. The minimum Gasteiger partial charge on any atom is -0.501 e. The molecule has 3 rings (SSSR count). The Bertz CT molecular complexity index is 967. The van der Waals surface area contributed by atoms with E-state index in [1.807, 2.05) is 30.3 Å². The summed E-state index contributed by atoms with van der Waals surface area (Å²) in [5.41, 5.74) is -0.515. The van der Waals surface area contributed by atoms with Crippen molar-refractivity contribution in [1.29, 1.82) is 0 Å². The van der Waals surface area contributed by atoms with Gasteiger partial charge in [-0.2, -0.15) is 0 Å². The second-order valence-corrected chi connectivity index (χ2v) is 5.43. The summed E-state index contributed by atoms with van der Waals surface area (Å²) in [4.78, 5) is 22.8. The lowest BCUT2D eigenvalue weighted by Gasteiger charge is -2.12. The lowest BCUT2D eigenvalue weighted by molar-refractivity contribution is -0.387. The van der Waals surface area contributed by atoms with Gasteiger partial charge in [-0.15, -0.1) is 0 Å². The number of nitrogens with zero attached hydrogens (tertiary/aromatic N) is 2. The molecule has 1 heterocycles. The van der Waals surface area contributed by atoms with E-state index in [0.29, 0.717) is 10.5 Å². The molecule has 0 radical (unpaired) electrons. The van der Waals surface area contributed by atoms with Gasteiger partial charge in [0.15, 0.2) is 0 Å². The second-order valence-electron chi connectivity index (χ2n) is 4.99. The molecule has 0 saturated carbocycles. The number of rotatable bonds is 3. The van der Waals surface area contributed by atoms with Gasteiger partial charge >= 0.3 is 11.2 Å². The SMILES string of the molecule is O=c1c([N+](=O)[O-])c(O)c2cc(Cl)ccc2n1Cc1ccccc1. The monoisotopic (exact) mass is 330 g/mol. The summed E-state index contributed by atoms with van der Waals surface area (Å²) in [5.74, 6) is -0.665. The molecule has 0 unspecified atom stereocenters. The van der Waals surface area contributed by atoms with Crippen LogP contribution in [0.1, 0.15) is 5.56 Å². The molecule has 0 aliphatic rings. The predicted molar refractivity (Wildman–Crippen MR) is 87.1 cm³/mol. The third-order valence-corrected chi connectivity index (χ3v) is 3.78. The predicted octanol–water partition coefficient (Wildman–Crippen LogP) is 3.32. The minimum absolute atomic E-state index is 0.152. The standard InChI is InChI=1S/C16H11ClN2O4/c17-11-6-7-13-12(8-11)15(20)14(19(22)23)16(21)18(13)9-10-4-2-1-3-5-10/h1-8,20H,9H2. The van der Waals surface area contributed by atoms with Crippen LogP contribution >= 0.6 is 11.6 Å². The van der Waals surface area contributed by atoms with E-state index in [1.54, 1.807) is 12.1 Å². The van der Waals surface area contributed by atoms with E-state index in [9.17, 15) is 20.0 Å². The Hall–Kier alpha value is -2.86. The molecule has 0 saturated heterocycles. The van der Waals surface area contributed by atoms with Crippen LogP contribution in [0.3, 0.4) is 0 Å². The summed E-state index contributed by atoms with van der Waals surface area (Å²) in [7, 11) is 0. The minimum atomic E-state index is -0.875. The van der Waals surface area contributed by atoms with Gasteiger partial charge in [0.05, 0.1) is 17.0 Å². The molecule has 0 spiro atoms. The number of aromatic hydroxyl groups is 1. The highest BCUT2D eigenvalue weighted by Gasteiger charge is 2.25. The zero-order valence-electron chi connectivity index (χ0n) is 11.8. The normalized spacial score (nSPS) is 10.8. The van der Waals surface area contributed by atoms with Crippen LogP contribution in [0.5, 0.6) is 5.75 Å². The first kappa shape index (κ1) is 15.1. The van der Waals surface area contributed by atoms with Gasteiger partial charge in [0.2, 0.25) is 5.75 Å². The van der Waals surface area contributed by atoms with Crippen molar-refractivity contribution in [2.75, 3.05) is 0 Å². The van der Waals surface area contributed by atoms with E-state index in [1.165, 1.54) is 10.6 Å². The maximum atomic E-state index is 12.5. The molecule has 23 heavy (non-hydrogen) atoms. The molecule has 116 valence electrons. The molecule has 2 aromatic carbocycles. The lowest BCUT2D eigenvalue weighted by atomic mass is 10.1. The van der Waals surface area contributed by atoms with E-state index in [0.717, 1.165) is 5.56 Å². The topological polar surface area (TPSA) is 85.4 Å². The number of fused-ring (bicyclic) bond motifs is 1. The average Bonchev–Trinajstić information content (AvgIpc) is 2.52. The van der Waals surface area contributed by atoms with Gasteiger partial charge in [0.1, 0.15) is 0 Å². The molecular formula is C16H11ClN2O4. The average molecular weight is 331 g/mol. The third-order valence-electron chi connectivity index (χ3n) is 3.54. The van der Waals surface area contributed by atoms with Gasteiger partial charge in [0.25, 0.3) is 0 Å². The fraction of sp³-hybridized carbons (Fsp3) is 0.0625. The molecule has 3 aromatic rings. The summed E-state index contributed by atoms with van der Waals surface area (Å²) in [6.45, 7) is 0.152. The largest absolute Gasteiger partial charge is 0.501 e. The quantitative estimate of drug-likeness (QED) is 0.589. The summed E-state index contributed by atoms with van der Waals surface area (Å²) in [6, 6.07) is 13.6. The van der Waals surface area contributed by atoms with E-state index in [-0.39, 0.29) is 11.9 Å². The van der Waals surface area contributed by atoms with Crippen molar-refractivity contribution in [2.45, 2.75) is 6.54 Å². The van der Waals surface area contributed by atoms with Gasteiger partial charge in [-0.05, 0) is 23.8 Å². The van der Waals surface area contributed by atoms with Crippen LogP contribution in [-0.2, 0) is 6.54 Å². The highest BCUT2D eigenvalue weighted by Crippen LogP contribution is 2.33. The Morgan fingerprint density at radius 2 is 1.87 bits per heavy atom. The number of nitro groups is 1. The van der Waals surface area contributed by atoms with Crippen LogP contribution in [0.2, 0.25) is 5.02 Å². The van der Waals surface area contributed by atoms with Crippen LogP contribution < -0.4 is 5.56 Å². The summed E-state index contributed by atoms with van der Waals surface area (Å²) < 4.78 is 1.26. The van der Waals surface area contributed by atoms with Gasteiger partial charge in [-0.25, -0.2) is 0 Å². The van der Waals surface area contributed by atoms with Crippen molar-refractivity contribution in [3.05, 3.63) is 79.6 Å². The smallest absolute Gasteiger partial charge is 0.375 e. The number of hydrogen-bond acceptors (Lipinski definition) is 4. The zero-order chi connectivity index (χ0) is 16.6. The lowest BCUT2D eigenvalue weighted by Crippen LogP contribution is -2.23. The molecule has 0 aliphatic carbocycles. The first-order valence-electron chi connectivity index (χ1n) is 6.72. The molecule has 0 aliphatic heterocycles. The van der Waals surface area contributed by atoms with Crippen molar-refractivity contribution in [3.63, 3.8) is 0 Å². The Labute approximate surface area is 135 Å². The molecule has 0 fully saturated rings. The molecule has 1 aromatic heterocycles. The molecule has 0 bridgehead atoms. The van der Waals surface area contributed by atoms with Crippen molar-refractivity contribution >= 4 is 28.2 Å².